The standard InChI is InChI=1S/C47H32N6/c1-47(2)37-18-8-3-13-30(37)35-27-29(23-24-38(35)47)44-49-45(51-46(50-44)53-40-20-10-4-14-31(40)32-15-5-11-21-41(32)53)34-17-7-12-22-42(34)52-39-19-9-6-16-33(39)36-28-48-26-25-43(36)52/h3-28H,1-2H3. The second kappa shape index (κ2) is 11.0. The van der Waals surface area contributed by atoms with E-state index in [0.29, 0.717) is 17.6 Å². The molecule has 0 radical (unpaired) electrons. The normalized spacial score (nSPS) is 13.2. The Morgan fingerprint density at radius 1 is 0.453 bits per heavy atom. The van der Waals surface area contributed by atoms with E-state index in [1.54, 1.807) is 0 Å². The number of para-hydroxylation sites is 4. The van der Waals surface area contributed by atoms with Crippen LogP contribution in [-0.2, 0) is 5.41 Å². The quantitative estimate of drug-likeness (QED) is 0.186. The summed E-state index contributed by atoms with van der Waals surface area (Å²) >= 11 is 0. The predicted molar refractivity (Wildman–Crippen MR) is 215 cm³/mol. The van der Waals surface area contributed by atoms with Crippen molar-refractivity contribution in [2.24, 2.45) is 0 Å². The Labute approximate surface area is 305 Å². The van der Waals surface area contributed by atoms with Crippen LogP contribution in [0.1, 0.15) is 25.0 Å². The second-order valence-corrected chi connectivity index (χ2v) is 14.3. The number of hydrogen-bond donors (Lipinski definition) is 0. The first-order valence-corrected chi connectivity index (χ1v) is 18.0. The predicted octanol–water partition coefficient (Wildman–Crippen LogP) is 11.1. The van der Waals surface area contributed by atoms with Gasteiger partial charge in [-0.2, -0.15) is 9.97 Å². The van der Waals surface area contributed by atoms with Crippen LogP contribution in [0.4, 0.5) is 0 Å². The van der Waals surface area contributed by atoms with Crippen molar-refractivity contribution in [2.45, 2.75) is 19.3 Å². The number of aromatic nitrogens is 6. The van der Waals surface area contributed by atoms with Crippen LogP contribution >= 0.6 is 0 Å². The number of benzene rings is 6. The van der Waals surface area contributed by atoms with Gasteiger partial charge in [-0.25, -0.2) is 4.98 Å². The molecule has 0 atom stereocenters. The number of hydrogen-bond acceptors (Lipinski definition) is 4. The van der Waals surface area contributed by atoms with Gasteiger partial charge < -0.3 is 4.57 Å². The third-order valence-electron chi connectivity index (χ3n) is 11.1. The highest BCUT2D eigenvalue weighted by Gasteiger charge is 2.35. The van der Waals surface area contributed by atoms with Crippen molar-refractivity contribution in [3.8, 4) is 45.5 Å². The van der Waals surface area contributed by atoms with Crippen molar-refractivity contribution in [1.82, 2.24) is 29.1 Å². The van der Waals surface area contributed by atoms with Crippen LogP contribution < -0.4 is 0 Å². The van der Waals surface area contributed by atoms with Crippen molar-refractivity contribution >= 4 is 43.6 Å². The molecule has 11 rings (SSSR count). The van der Waals surface area contributed by atoms with Crippen molar-refractivity contribution in [1.29, 1.82) is 0 Å². The summed E-state index contributed by atoms with van der Waals surface area (Å²) in [6.45, 7) is 4.61. The summed E-state index contributed by atoms with van der Waals surface area (Å²) in [5.41, 5.74) is 12.1. The molecule has 0 fully saturated rings. The number of rotatable bonds is 4. The molecular weight excluding hydrogens is 649 g/mol. The smallest absolute Gasteiger partial charge is 0.238 e. The molecule has 0 aliphatic heterocycles. The van der Waals surface area contributed by atoms with Gasteiger partial charge in [-0.15, -0.1) is 0 Å². The summed E-state index contributed by atoms with van der Waals surface area (Å²) in [6.07, 6.45) is 3.81. The molecule has 0 N–H and O–H groups in total. The Bertz CT molecular complexity index is 3000. The van der Waals surface area contributed by atoms with E-state index < -0.39 is 0 Å². The lowest BCUT2D eigenvalue weighted by Gasteiger charge is -2.21. The Hall–Kier alpha value is -6.92. The van der Waals surface area contributed by atoms with E-state index in [-0.39, 0.29) is 5.41 Å². The first kappa shape index (κ1) is 29.8. The molecule has 0 unspecified atom stereocenters. The Balaban J connectivity index is 1.21. The molecule has 1 aliphatic carbocycles. The molecule has 0 saturated heterocycles. The van der Waals surface area contributed by atoms with Gasteiger partial charge in [-0.05, 0) is 64.7 Å². The minimum absolute atomic E-state index is 0.0976. The number of nitrogens with zero attached hydrogens (tertiary/aromatic N) is 6. The lowest BCUT2D eigenvalue weighted by Crippen LogP contribution is -2.14. The molecule has 250 valence electrons. The summed E-state index contributed by atoms with van der Waals surface area (Å²) in [7, 11) is 0. The average molecular weight is 681 g/mol. The fraction of sp³-hybridized carbons (Fsp3) is 0.0638. The van der Waals surface area contributed by atoms with E-state index in [2.05, 4.69) is 174 Å². The second-order valence-electron chi connectivity index (χ2n) is 14.3. The van der Waals surface area contributed by atoms with Gasteiger partial charge in [0.1, 0.15) is 0 Å². The van der Waals surface area contributed by atoms with E-state index >= 15 is 0 Å². The monoisotopic (exact) mass is 680 g/mol. The van der Waals surface area contributed by atoms with Gasteiger partial charge in [-0.1, -0.05) is 117 Å². The molecule has 4 heterocycles. The third-order valence-corrected chi connectivity index (χ3v) is 11.1. The maximum absolute atomic E-state index is 5.35. The lowest BCUT2D eigenvalue weighted by atomic mass is 9.82. The molecule has 0 amide bonds. The Kier molecular flexibility index (Phi) is 6.20. The van der Waals surface area contributed by atoms with Crippen molar-refractivity contribution in [3.63, 3.8) is 0 Å². The maximum atomic E-state index is 5.35. The van der Waals surface area contributed by atoms with E-state index in [1.165, 1.54) is 22.3 Å². The molecule has 4 aromatic heterocycles. The average Bonchev–Trinajstić information content (AvgIpc) is 3.81. The first-order chi connectivity index (χ1) is 26.1. The van der Waals surface area contributed by atoms with Crippen LogP contribution in [0.3, 0.4) is 0 Å². The van der Waals surface area contributed by atoms with Gasteiger partial charge in [0.25, 0.3) is 0 Å². The van der Waals surface area contributed by atoms with E-state index in [9.17, 15) is 0 Å². The zero-order valence-electron chi connectivity index (χ0n) is 29.2. The van der Waals surface area contributed by atoms with Gasteiger partial charge in [0.15, 0.2) is 11.6 Å². The fourth-order valence-corrected chi connectivity index (χ4v) is 8.64. The van der Waals surface area contributed by atoms with Gasteiger partial charge >= 0.3 is 0 Å². The topological polar surface area (TPSA) is 61.4 Å². The van der Waals surface area contributed by atoms with Gasteiger partial charge in [0.2, 0.25) is 5.95 Å². The molecule has 6 heteroatoms. The number of fused-ring (bicyclic) bond motifs is 9. The van der Waals surface area contributed by atoms with Crippen LogP contribution in [0.15, 0.2) is 158 Å². The zero-order valence-corrected chi connectivity index (χ0v) is 29.2. The summed E-state index contributed by atoms with van der Waals surface area (Å²) in [5.74, 6) is 1.80. The van der Waals surface area contributed by atoms with Crippen LogP contribution in [0.2, 0.25) is 0 Å². The van der Waals surface area contributed by atoms with Crippen LogP contribution in [0, 0.1) is 0 Å². The molecule has 6 aromatic carbocycles. The SMILES string of the molecule is CC1(C)c2ccccc2-c2cc(-c3nc(-c4ccccc4-n4c5ccccc5c5cnccc54)nc(-n4c5ccccc5c5ccccc54)n3)ccc21. The molecule has 10 aromatic rings. The minimum atomic E-state index is -0.0976. The van der Waals surface area contributed by atoms with E-state index in [4.69, 9.17) is 15.0 Å². The van der Waals surface area contributed by atoms with E-state index in [0.717, 1.165) is 60.4 Å². The zero-order chi connectivity index (χ0) is 35.3. The third kappa shape index (κ3) is 4.26. The summed E-state index contributed by atoms with van der Waals surface area (Å²) in [4.78, 5) is 20.5. The molecule has 0 bridgehead atoms. The van der Waals surface area contributed by atoms with Crippen LogP contribution in [-0.4, -0.2) is 29.1 Å². The molecule has 6 nitrogen and oxygen atoms in total. The minimum Gasteiger partial charge on any atom is -0.308 e. The molecule has 0 spiro atoms. The van der Waals surface area contributed by atoms with Gasteiger partial charge in [0, 0.05) is 50.5 Å². The molecule has 53 heavy (non-hydrogen) atoms. The van der Waals surface area contributed by atoms with Crippen molar-refractivity contribution < 1.29 is 0 Å². The van der Waals surface area contributed by atoms with Crippen LogP contribution in [0.5, 0.6) is 0 Å². The molecule has 0 saturated carbocycles. The highest BCUT2D eigenvalue weighted by molar-refractivity contribution is 6.10. The lowest BCUT2D eigenvalue weighted by molar-refractivity contribution is 0.660. The Morgan fingerprint density at radius 3 is 1.77 bits per heavy atom. The highest BCUT2D eigenvalue weighted by Crippen LogP contribution is 2.49. The van der Waals surface area contributed by atoms with Gasteiger partial charge in [0.05, 0.1) is 27.8 Å². The van der Waals surface area contributed by atoms with Crippen molar-refractivity contribution in [3.05, 3.63) is 169 Å². The van der Waals surface area contributed by atoms with Crippen molar-refractivity contribution in [2.75, 3.05) is 0 Å². The molecule has 1 aliphatic rings. The fourth-order valence-electron chi connectivity index (χ4n) is 8.64. The Morgan fingerprint density at radius 2 is 1.02 bits per heavy atom. The number of pyridine rings is 1. The largest absolute Gasteiger partial charge is 0.308 e. The maximum Gasteiger partial charge on any atom is 0.238 e. The van der Waals surface area contributed by atoms with Crippen LogP contribution in [0.25, 0.3) is 89.2 Å². The summed E-state index contributed by atoms with van der Waals surface area (Å²) in [6, 6.07) is 51.4. The highest BCUT2D eigenvalue weighted by atomic mass is 15.2. The molecular formula is C47H32N6. The van der Waals surface area contributed by atoms with Gasteiger partial charge in [-0.3, -0.25) is 9.55 Å². The van der Waals surface area contributed by atoms with E-state index in [1.807, 2.05) is 12.4 Å². The summed E-state index contributed by atoms with van der Waals surface area (Å²) in [5, 5.41) is 4.56. The summed E-state index contributed by atoms with van der Waals surface area (Å²) < 4.78 is 4.49. The first-order valence-electron chi connectivity index (χ1n) is 18.0.